The van der Waals surface area contributed by atoms with Crippen LogP contribution in [-0.2, 0) is 6.42 Å². The van der Waals surface area contributed by atoms with Gasteiger partial charge in [-0.15, -0.1) is 0 Å². The van der Waals surface area contributed by atoms with Crippen molar-refractivity contribution < 1.29 is 5.11 Å². The monoisotopic (exact) mass is 249 g/mol. The molecule has 0 spiro atoms. The van der Waals surface area contributed by atoms with Crippen LogP contribution >= 0.6 is 0 Å². The fourth-order valence-electron chi connectivity index (χ4n) is 2.31. The molecule has 2 heteroatoms. The summed E-state index contributed by atoms with van der Waals surface area (Å²) in [6.45, 7) is 5.12. The second-order valence-electron chi connectivity index (χ2n) is 5.03. The summed E-state index contributed by atoms with van der Waals surface area (Å²) in [4.78, 5) is 0. The molecule has 1 atom stereocenters. The average Bonchev–Trinajstić information content (AvgIpc) is 2.38. The van der Waals surface area contributed by atoms with Crippen molar-refractivity contribution in [2.45, 2.75) is 58.1 Å². The zero-order chi connectivity index (χ0) is 13.2. The number of aliphatic hydroxyl groups is 1. The van der Waals surface area contributed by atoms with Crippen LogP contribution in [0.1, 0.15) is 45.1 Å². The quantitative estimate of drug-likeness (QED) is 0.704. The van der Waals surface area contributed by atoms with Crippen LogP contribution < -0.4 is 5.32 Å². The highest BCUT2D eigenvalue weighted by molar-refractivity contribution is 5.15. The molecule has 0 aliphatic heterocycles. The van der Waals surface area contributed by atoms with Crippen LogP contribution in [0, 0.1) is 0 Å². The fourth-order valence-corrected chi connectivity index (χ4v) is 2.31. The van der Waals surface area contributed by atoms with Crippen molar-refractivity contribution in [2.24, 2.45) is 0 Å². The van der Waals surface area contributed by atoms with Crippen LogP contribution in [0.4, 0.5) is 0 Å². The lowest BCUT2D eigenvalue weighted by molar-refractivity contribution is 0.165. The Balaban J connectivity index is 2.28. The van der Waals surface area contributed by atoms with Gasteiger partial charge in [0.25, 0.3) is 0 Å². The van der Waals surface area contributed by atoms with E-state index in [-0.39, 0.29) is 6.10 Å². The Morgan fingerprint density at radius 1 is 1.06 bits per heavy atom. The molecule has 0 aliphatic rings. The maximum absolute atomic E-state index is 10.0. The van der Waals surface area contributed by atoms with Crippen molar-refractivity contribution in [3.63, 3.8) is 0 Å². The lowest BCUT2D eigenvalue weighted by atomic mass is 10.0. The lowest BCUT2D eigenvalue weighted by Crippen LogP contribution is -2.36. The molecule has 0 bridgehead atoms. The first-order chi connectivity index (χ1) is 8.76. The van der Waals surface area contributed by atoms with Crippen LogP contribution in [-0.4, -0.2) is 23.8 Å². The minimum Gasteiger partial charge on any atom is -0.391 e. The maximum atomic E-state index is 10.0. The summed E-state index contributed by atoms with van der Waals surface area (Å²) in [5.74, 6) is 0. The van der Waals surface area contributed by atoms with E-state index in [1.807, 2.05) is 18.2 Å². The van der Waals surface area contributed by atoms with Gasteiger partial charge in [0.2, 0.25) is 0 Å². The molecule has 1 rings (SSSR count). The van der Waals surface area contributed by atoms with E-state index in [4.69, 9.17) is 0 Å². The molecule has 18 heavy (non-hydrogen) atoms. The molecule has 1 aromatic rings. The van der Waals surface area contributed by atoms with Gasteiger partial charge in [0, 0.05) is 12.6 Å². The van der Waals surface area contributed by atoms with E-state index in [2.05, 4.69) is 31.3 Å². The topological polar surface area (TPSA) is 32.3 Å². The molecule has 0 radical (unpaired) electrons. The molecule has 0 amide bonds. The van der Waals surface area contributed by atoms with Gasteiger partial charge in [-0.25, -0.2) is 0 Å². The number of rotatable bonds is 9. The fraction of sp³-hybridized carbons (Fsp3) is 0.625. The van der Waals surface area contributed by atoms with Crippen molar-refractivity contribution in [3.8, 4) is 0 Å². The van der Waals surface area contributed by atoms with E-state index >= 15 is 0 Å². The standard InChI is InChI=1S/C16H27NO/c1-3-8-15(9-4-2)17-13-16(18)12-14-10-6-5-7-11-14/h5-7,10-11,15-18H,3-4,8-9,12-13H2,1-2H3/t16-/m1/s1. The first kappa shape index (κ1) is 15.2. The lowest BCUT2D eigenvalue weighted by Gasteiger charge is -2.20. The van der Waals surface area contributed by atoms with E-state index in [0.717, 1.165) is 6.42 Å². The predicted molar refractivity (Wildman–Crippen MR) is 77.8 cm³/mol. The Hall–Kier alpha value is -0.860. The Morgan fingerprint density at radius 3 is 2.22 bits per heavy atom. The molecule has 0 saturated heterocycles. The molecule has 2 N–H and O–H groups in total. The van der Waals surface area contributed by atoms with Crippen molar-refractivity contribution in [3.05, 3.63) is 35.9 Å². The van der Waals surface area contributed by atoms with Crippen LogP contribution in [0.2, 0.25) is 0 Å². The Morgan fingerprint density at radius 2 is 1.67 bits per heavy atom. The largest absolute Gasteiger partial charge is 0.391 e. The molecule has 0 unspecified atom stereocenters. The van der Waals surface area contributed by atoms with E-state index in [1.165, 1.54) is 31.2 Å². The first-order valence-corrected chi connectivity index (χ1v) is 7.21. The SMILES string of the molecule is CCCC(CCC)NC[C@H](O)Cc1ccccc1. The minimum absolute atomic E-state index is 0.288. The van der Waals surface area contributed by atoms with Gasteiger partial charge in [-0.2, -0.15) is 0 Å². The highest BCUT2D eigenvalue weighted by Gasteiger charge is 2.10. The van der Waals surface area contributed by atoms with Crippen molar-refractivity contribution in [2.75, 3.05) is 6.54 Å². The maximum Gasteiger partial charge on any atom is 0.0704 e. The molecule has 0 saturated carbocycles. The summed E-state index contributed by atoms with van der Waals surface area (Å²) < 4.78 is 0. The van der Waals surface area contributed by atoms with Gasteiger partial charge in [-0.3, -0.25) is 0 Å². The molecule has 0 aliphatic carbocycles. The highest BCUT2D eigenvalue weighted by atomic mass is 16.3. The molecule has 0 heterocycles. The minimum atomic E-state index is -0.288. The molecular weight excluding hydrogens is 222 g/mol. The Kier molecular flexibility index (Phi) is 7.70. The summed E-state index contributed by atoms with van der Waals surface area (Å²) in [5.41, 5.74) is 1.20. The second kappa shape index (κ2) is 9.12. The Labute approximate surface area is 111 Å². The van der Waals surface area contributed by atoms with Crippen molar-refractivity contribution >= 4 is 0 Å². The smallest absolute Gasteiger partial charge is 0.0704 e. The summed E-state index contributed by atoms with van der Waals surface area (Å²) in [6.07, 6.45) is 5.25. The summed E-state index contributed by atoms with van der Waals surface area (Å²) in [5, 5.41) is 13.5. The number of aliphatic hydroxyl groups excluding tert-OH is 1. The number of nitrogens with one attached hydrogen (secondary N) is 1. The van der Waals surface area contributed by atoms with E-state index in [0.29, 0.717) is 12.6 Å². The van der Waals surface area contributed by atoms with Crippen LogP contribution in [0.5, 0.6) is 0 Å². The number of benzene rings is 1. The molecule has 2 nitrogen and oxygen atoms in total. The van der Waals surface area contributed by atoms with Crippen LogP contribution in [0.15, 0.2) is 30.3 Å². The zero-order valence-corrected chi connectivity index (χ0v) is 11.7. The van der Waals surface area contributed by atoms with Gasteiger partial charge in [0.05, 0.1) is 6.10 Å². The molecule has 1 aromatic carbocycles. The van der Waals surface area contributed by atoms with Crippen molar-refractivity contribution in [1.82, 2.24) is 5.32 Å². The molecular formula is C16H27NO. The summed E-state index contributed by atoms with van der Waals surface area (Å²) >= 11 is 0. The van der Waals surface area contributed by atoms with Gasteiger partial charge in [-0.1, -0.05) is 57.0 Å². The first-order valence-electron chi connectivity index (χ1n) is 7.21. The van der Waals surface area contributed by atoms with E-state index in [1.54, 1.807) is 0 Å². The van der Waals surface area contributed by atoms with Crippen molar-refractivity contribution in [1.29, 1.82) is 0 Å². The van der Waals surface area contributed by atoms with E-state index < -0.39 is 0 Å². The number of hydrogen-bond acceptors (Lipinski definition) is 2. The summed E-state index contributed by atoms with van der Waals surface area (Å²) in [6, 6.07) is 10.7. The van der Waals surface area contributed by atoms with Gasteiger partial charge < -0.3 is 10.4 Å². The third-order valence-electron chi connectivity index (χ3n) is 3.23. The van der Waals surface area contributed by atoms with Gasteiger partial charge >= 0.3 is 0 Å². The summed E-state index contributed by atoms with van der Waals surface area (Å²) in [7, 11) is 0. The predicted octanol–water partition coefficient (Wildman–Crippen LogP) is 3.15. The highest BCUT2D eigenvalue weighted by Crippen LogP contribution is 2.06. The second-order valence-corrected chi connectivity index (χ2v) is 5.03. The zero-order valence-electron chi connectivity index (χ0n) is 11.7. The van der Waals surface area contributed by atoms with Gasteiger partial charge in [0.1, 0.15) is 0 Å². The molecule has 102 valence electrons. The molecule has 0 fully saturated rings. The number of hydrogen-bond donors (Lipinski definition) is 2. The van der Waals surface area contributed by atoms with Gasteiger partial charge in [-0.05, 0) is 24.8 Å². The van der Waals surface area contributed by atoms with Gasteiger partial charge in [0.15, 0.2) is 0 Å². The average molecular weight is 249 g/mol. The van der Waals surface area contributed by atoms with Crippen LogP contribution in [0.25, 0.3) is 0 Å². The normalized spacial score (nSPS) is 12.9. The van der Waals surface area contributed by atoms with Crippen LogP contribution in [0.3, 0.4) is 0 Å². The van der Waals surface area contributed by atoms with E-state index in [9.17, 15) is 5.11 Å². The Bertz CT molecular complexity index is 293. The third-order valence-corrected chi connectivity index (χ3v) is 3.23. The third kappa shape index (κ3) is 6.18. The molecule has 0 aromatic heterocycles.